The van der Waals surface area contributed by atoms with Crippen LogP contribution in [-0.4, -0.2) is 26.4 Å². The van der Waals surface area contributed by atoms with Gasteiger partial charge in [0, 0.05) is 5.56 Å². The predicted molar refractivity (Wildman–Crippen MR) is 86.8 cm³/mol. The number of likely N-dealkylation sites (N-methyl/N-ethyl adjacent to an activating group) is 1. The molecule has 0 saturated carbocycles. The summed E-state index contributed by atoms with van der Waals surface area (Å²) >= 11 is 0. The van der Waals surface area contributed by atoms with E-state index in [2.05, 4.69) is 31.3 Å². The molecule has 0 amide bonds. The second-order valence-electron chi connectivity index (χ2n) is 5.90. The maximum atomic E-state index is 6.21. The van der Waals surface area contributed by atoms with Gasteiger partial charge in [-0.25, -0.2) is 0 Å². The Bertz CT molecular complexity index is 421. The van der Waals surface area contributed by atoms with E-state index in [-0.39, 0.29) is 12.1 Å². The highest BCUT2D eigenvalue weighted by Crippen LogP contribution is 2.33. The van der Waals surface area contributed by atoms with Crippen molar-refractivity contribution < 1.29 is 9.47 Å². The van der Waals surface area contributed by atoms with E-state index < -0.39 is 0 Å². The van der Waals surface area contributed by atoms with Crippen molar-refractivity contribution in [2.45, 2.75) is 51.7 Å². The molecule has 1 heterocycles. The van der Waals surface area contributed by atoms with Crippen LogP contribution in [0.15, 0.2) is 24.3 Å². The van der Waals surface area contributed by atoms with E-state index in [4.69, 9.17) is 9.47 Å². The first kappa shape index (κ1) is 16.3. The van der Waals surface area contributed by atoms with E-state index in [1.807, 2.05) is 19.2 Å². The highest BCUT2D eigenvalue weighted by Gasteiger charge is 2.30. The van der Waals surface area contributed by atoms with Crippen molar-refractivity contribution in [3.8, 4) is 5.75 Å². The summed E-state index contributed by atoms with van der Waals surface area (Å²) in [5, 5.41) is 3.39. The minimum Gasteiger partial charge on any atom is -0.490 e. The molecule has 118 valence electrons. The van der Waals surface area contributed by atoms with Crippen molar-refractivity contribution in [3.63, 3.8) is 0 Å². The number of hydrogen-bond donors (Lipinski definition) is 1. The Morgan fingerprint density at radius 2 is 2.14 bits per heavy atom. The van der Waals surface area contributed by atoms with E-state index in [9.17, 15) is 0 Å². The van der Waals surface area contributed by atoms with Crippen molar-refractivity contribution in [3.05, 3.63) is 29.8 Å². The lowest BCUT2D eigenvalue weighted by molar-refractivity contribution is -0.0305. The smallest absolute Gasteiger partial charge is 0.124 e. The van der Waals surface area contributed by atoms with Crippen LogP contribution in [-0.2, 0) is 4.74 Å². The van der Waals surface area contributed by atoms with Gasteiger partial charge in [0.2, 0.25) is 0 Å². The van der Waals surface area contributed by atoms with Crippen LogP contribution in [0.1, 0.15) is 51.1 Å². The molecule has 0 fully saturated rings. The second kappa shape index (κ2) is 8.40. The first-order chi connectivity index (χ1) is 10.3. The van der Waals surface area contributed by atoms with Crippen LogP contribution < -0.4 is 10.1 Å². The molecular formula is C18H29NO2. The van der Waals surface area contributed by atoms with Gasteiger partial charge in [-0.1, -0.05) is 51.3 Å². The van der Waals surface area contributed by atoms with Crippen LogP contribution in [0.5, 0.6) is 5.75 Å². The van der Waals surface area contributed by atoms with Crippen LogP contribution in [0, 0.1) is 5.92 Å². The molecule has 1 aromatic carbocycles. The maximum Gasteiger partial charge on any atom is 0.124 e. The number of rotatable bonds is 8. The number of hydrogen-bond acceptors (Lipinski definition) is 3. The standard InChI is InChI=1S/C18H29NO2/c1-4-6-9-14(5-2)12-20-17-13-21-16-11-8-7-10-15(16)18(17)19-3/h7-8,10-11,14,17-19H,4-6,9,12-13H2,1-3H3. The van der Waals surface area contributed by atoms with Gasteiger partial charge < -0.3 is 14.8 Å². The molecule has 1 aliphatic rings. The van der Waals surface area contributed by atoms with Gasteiger partial charge in [-0.3, -0.25) is 0 Å². The monoisotopic (exact) mass is 291 g/mol. The normalized spacial score (nSPS) is 22.4. The van der Waals surface area contributed by atoms with Crippen molar-refractivity contribution >= 4 is 0 Å². The highest BCUT2D eigenvalue weighted by atomic mass is 16.5. The predicted octanol–water partition coefficient (Wildman–Crippen LogP) is 3.94. The SMILES string of the molecule is CCCCC(CC)COC1COc2ccccc2C1NC. The van der Waals surface area contributed by atoms with Gasteiger partial charge in [-0.2, -0.15) is 0 Å². The fourth-order valence-corrected chi connectivity index (χ4v) is 2.98. The second-order valence-corrected chi connectivity index (χ2v) is 5.90. The third kappa shape index (κ3) is 4.21. The van der Waals surface area contributed by atoms with Gasteiger partial charge in [0.25, 0.3) is 0 Å². The molecule has 1 aromatic rings. The summed E-state index contributed by atoms with van der Waals surface area (Å²) in [4.78, 5) is 0. The molecule has 0 radical (unpaired) electrons. The molecule has 1 N–H and O–H groups in total. The molecule has 0 bridgehead atoms. The van der Waals surface area contributed by atoms with Gasteiger partial charge in [0.15, 0.2) is 0 Å². The number of ether oxygens (including phenoxy) is 2. The van der Waals surface area contributed by atoms with Gasteiger partial charge >= 0.3 is 0 Å². The highest BCUT2D eigenvalue weighted by molar-refractivity contribution is 5.38. The zero-order chi connectivity index (χ0) is 15.1. The average molecular weight is 291 g/mol. The molecule has 3 atom stereocenters. The maximum absolute atomic E-state index is 6.21. The lowest BCUT2D eigenvalue weighted by Gasteiger charge is -2.34. The summed E-state index contributed by atoms with van der Waals surface area (Å²) < 4.78 is 12.1. The largest absolute Gasteiger partial charge is 0.490 e. The van der Waals surface area contributed by atoms with E-state index >= 15 is 0 Å². The summed E-state index contributed by atoms with van der Waals surface area (Å²) in [5.74, 6) is 1.65. The molecule has 0 spiro atoms. The quantitative estimate of drug-likeness (QED) is 0.787. The van der Waals surface area contributed by atoms with E-state index in [1.54, 1.807) is 0 Å². The third-order valence-corrected chi connectivity index (χ3v) is 4.43. The fourth-order valence-electron chi connectivity index (χ4n) is 2.98. The zero-order valence-electron chi connectivity index (χ0n) is 13.6. The zero-order valence-corrected chi connectivity index (χ0v) is 13.6. The molecule has 0 aromatic heterocycles. The van der Waals surface area contributed by atoms with Crippen LogP contribution in [0.4, 0.5) is 0 Å². The molecule has 3 heteroatoms. The van der Waals surface area contributed by atoms with Gasteiger partial charge in [0.1, 0.15) is 18.5 Å². The topological polar surface area (TPSA) is 30.5 Å². The molecular weight excluding hydrogens is 262 g/mol. The Labute approximate surface area is 129 Å². The number of unbranched alkanes of at least 4 members (excludes halogenated alkanes) is 1. The van der Waals surface area contributed by atoms with Crippen molar-refractivity contribution in [1.82, 2.24) is 5.32 Å². The number of benzene rings is 1. The van der Waals surface area contributed by atoms with Gasteiger partial charge in [-0.05, 0) is 25.5 Å². The third-order valence-electron chi connectivity index (χ3n) is 4.43. The van der Waals surface area contributed by atoms with Gasteiger partial charge in [0.05, 0.1) is 12.6 Å². The van der Waals surface area contributed by atoms with Crippen LogP contribution >= 0.6 is 0 Å². The van der Waals surface area contributed by atoms with Gasteiger partial charge in [-0.15, -0.1) is 0 Å². The summed E-state index contributed by atoms with van der Waals surface area (Å²) in [6.07, 6.45) is 5.10. The number of fused-ring (bicyclic) bond motifs is 1. The molecule has 3 unspecified atom stereocenters. The molecule has 0 saturated heterocycles. The fraction of sp³-hybridized carbons (Fsp3) is 0.667. The Morgan fingerprint density at radius 3 is 2.86 bits per heavy atom. The van der Waals surface area contributed by atoms with Crippen LogP contribution in [0.3, 0.4) is 0 Å². The summed E-state index contributed by atoms with van der Waals surface area (Å²) in [7, 11) is 2.00. The van der Waals surface area contributed by atoms with E-state index in [1.165, 1.54) is 31.2 Å². The Morgan fingerprint density at radius 1 is 1.33 bits per heavy atom. The molecule has 2 rings (SSSR count). The summed E-state index contributed by atoms with van der Waals surface area (Å²) in [5.41, 5.74) is 1.21. The minimum absolute atomic E-state index is 0.0978. The lowest BCUT2D eigenvalue weighted by Crippen LogP contribution is -2.40. The van der Waals surface area contributed by atoms with Crippen LogP contribution in [0.2, 0.25) is 0 Å². The molecule has 21 heavy (non-hydrogen) atoms. The van der Waals surface area contributed by atoms with Crippen molar-refractivity contribution in [1.29, 1.82) is 0 Å². The first-order valence-electron chi connectivity index (χ1n) is 8.30. The van der Waals surface area contributed by atoms with Crippen molar-refractivity contribution in [2.75, 3.05) is 20.3 Å². The van der Waals surface area contributed by atoms with E-state index in [0.717, 1.165) is 12.4 Å². The number of nitrogens with one attached hydrogen (secondary N) is 1. The van der Waals surface area contributed by atoms with E-state index in [0.29, 0.717) is 12.5 Å². The first-order valence-corrected chi connectivity index (χ1v) is 8.30. The van der Waals surface area contributed by atoms with Crippen molar-refractivity contribution in [2.24, 2.45) is 5.92 Å². The summed E-state index contributed by atoms with van der Waals surface area (Å²) in [6, 6.07) is 8.46. The minimum atomic E-state index is 0.0978. The Hall–Kier alpha value is -1.06. The molecule has 0 aliphatic carbocycles. The number of para-hydroxylation sites is 1. The Balaban J connectivity index is 1.94. The van der Waals surface area contributed by atoms with Crippen LogP contribution in [0.25, 0.3) is 0 Å². The Kier molecular flexibility index (Phi) is 6.52. The average Bonchev–Trinajstić information content (AvgIpc) is 2.54. The molecule has 1 aliphatic heterocycles. The molecule has 3 nitrogen and oxygen atoms in total. The lowest BCUT2D eigenvalue weighted by atomic mass is 9.97. The summed E-state index contributed by atoms with van der Waals surface area (Å²) in [6.45, 7) is 5.97.